The number of halogens is 1. The van der Waals surface area contributed by atoms with E-state index in [1.165, 1.54) is 24.8 Å². The summed E-state index contributed by atoms with van der Waals surface area (Å²) in [4.78, 5) is 27.3. The molecule has 1 saturated carbocycles. The maximum atomic E-state index is 11.8. The van der Waals surface area contributed by atoms with Crippen molar-refractivity contribution >= 4 is 23.5 Å². The summed E-state index contributed by atoms with van der Waals surface area (Å²) in [6.07, 6.45) is 5.78. The van der Waals surface area contributed by atoms with Crippen LogP contribution in [0.2, 0.25) is 5.15 Å². The molecule has 0 aromatic carbocycles. The Balaban J connectivity index is 1.78. The normalized spacial score (nSPS) is 21.6. The number of esters is 1. The third-order valence-electron chi connectivity index (χ3n) is 3.76. The van der Waals surface area contributed by atoms with E-state index in [1.807, 2.05) is 0 Å². The van der Waals surface area contributed by atoms with E-state index < -0.39 is 5.97 Å². The molecule has 1 heterocycles. The minimum atomic E-state index is -0.578. The lowest BCUT2D eigenvalue weighted by molar-refractivity contribution is -0.125. The van der Waals surface area contributed by atoms with Crippen molar-refractivity contribution in [1.29, 1.82) is 0 Å². The van der Waals surface area contributed by atoms with Crippen LogP contribution in [0.3, 0.4) is 0 Å². The summed E-state index contributed by atoms with van der Waals surface area (Å²) < 4.78 is 4.97. The van der Waals surface area contributed by atoms with E-state index in [0.29, 0.717) is 11.1 Å². The van der Waals surface area contributed by atoms with Gasteiger partial charge < -0.3 is 10.1 Å². The molecule has 0 radical (unpaired) electrons. The number of aromatic nitrogens is 1. The molecule has 114 valence electrons. The molecule has 0 bridgehead atoms. The molecule has 21 heavy (non-hydrogen) atoms. The van der Waals surface area contributed by atoms with Crippen LogP contribution in [-0.2, 0) is 9.53 Å². The molecule has 1 N–H and O–H groups in total. The van der Waals surface area contributed by atoms with Crippen LogP contribution in [0.25, 0.3) is 0 Å². The average Bonchev–Trinajstić information content (AvgIpc) is 2.48. The third-order valence-corrected chi connectivity index (χ3v) is 3.98. The highest BCUT2D eigenvalue weighted by Crippen LogP contribution is 2.23. The van der Waals surface area contributed by atoms with E-state index in [1.54, 1.807) is 0 Å². The van der Waals surface area contributed by atoms with Gasteiger partial charge in [-0.25, -0.2) is 9.78 Å². The minimum Gasteiger partial charge on any atom is -0.452 e. The van der Waals surface area contributed by atoms with E-state index in [0.717, 1.165) is 19.3 Å². The van der Waals surface area contributed by atoms with Crippen molar-refractivity contribution in [1.82, 2.24) is 10.3 Å². The topological polar surface area (TPSA) is 68.3 Å². The van der Waals surface area contributed by atoms with Crippen molar-refractivity contribution in [2.45, 2.75) is 38.6 Å². The maximum Gasteiger partial charge on any atom is 0.340 e. The number of hydrogen-bond donors (Lipinski definition) is 1. The second-order valence-corrected chi connectivity index (χ2v) is 5.77. The average molecular weight is 311 g/mol. The standard InChI is InChI=1S/C15H19ClN2O3/c1-10-4-2-3-5-12(10)18-14(19)9-21-15(20)11-6-7-13(16)17-8-11/h6-8,10,12H,2-5,9H2,1H3,(H,18,19)/t10-,12+/m0/s1. The van der Waals surface area contributed by atoms with Crippen LogP contribution < -0.4 is 5.32 Å². The Morgan fingerprint density at radius 1 is 1.38 bits per heavy atom. The number of nitrogens with zero attached hydrogens (tertiary/aromatic N) is 1. The van der Waals surface area contributed by atoms with Gasteiger partial charge in [-0.05, 0) is 30.9 Å². The van der Waals surface area contributed by atoms with E-state index in [4.69, 9.17) is 16.3 Å². The molecule has 2 rings (SSSR count). The Morgan fingerprint density at radius 2 is 2.14 bits per heavy atom. The highest BCUT2D eigenvalue weighted by Gasteiger charge is 2.23. The molecular formula is C15H19ClN2O3. The first-order valence-corrected chi connectivity index (χ1v) is 7.52. The summed E-state index contributed by atoms with van der Waals surface area (Å²) in [5.41, 5.74) is 0.276. The first kappa shape index (κ1) is 15.8. The smallest absolute Gasteiger partial charge is 0.340 e. The molecule has 0 unspecified atom stereocenters. The fourth-order valence-electron chi connectivity index (χ4n) is 2.49. The lowest BCUT2D eigenvalue weighted by Gasteiger charge is -2.29. The molecular weight excluding hydrogens is 292 g/mol. The van der Waals surface area contributed by atoms with Gasteiger partial charge in [-0.1, -0.05) is 31.4 Å². The van der Waals surface area contributed by atoms with Crippen LogP contribution in [-0.4, -0.2) is 29.5 Å². The Kier molecular flexibility index (Phi) is 5.56. The molecule has 1 amide bonds. The van der Waals surface area contributed by atoms with Crippen molar-refractivity contribution in [3.05, 3.63) is 29.0 Å². The SMILES string of the molecule is C[C@H]1CCCC[C@H]1NC(=O)COC(=O)c1ccc(Cl)nc1. The Morgan fingerprint density at radius 3 is 2.81 bits per heavy atom. The molecule has 0 spiro atoms. The molecule has 1 aromatic rings. The number of carbonyl (C=O) groups excluding carboxylic acids is 2. The lowest BCUT2D eigenvalue weighted by Crippen LogP contribution is -2.42. The first-order chi connectivity index (χ1) is 10.1. The maximum absolute atomic E-state index is 11.8. The van der Waals surface area contributed by atoms with Gasteiger partial charge in [0.25, 0.3) is 5.91 Å². The molecule has 1 aromatic heterocycles. The molecule has 1 aliphatic rings. The fraction of sp³-hybridized carbons (Fsp3) is 0.533. The zero-order chi connectivity index (χ0) is 15.2. The number of pyridine rings is 1. The number of nitrogens with one attached hydrogen (secondary N) is 1. The van der Waals surface area contributed by atoms with Gasteiger partial charge in [-0.2, -0.15) is 0 Å². The van der Waals surface area contributed by atoms with Crippen molar-refractivity contribution in [3.8, 4) is 0 Å². The van der Waals surface area contributed by atoms with Crippen LogP contribution in [0.5, 0.6) is 0 Å². The number of hydrogen-bond acceptors (Lipinski definition) is 4. The largest absolute Gasteiger partial charge is 0.452 e. The zero-order valence-electron chi connectivity index (χ0n) is 12.0. The van der Waals surface area contributed by atoms with Crippen molar-refractivity contribution in [2.24, 2.45) is 5.92 Å². The number of ether oxygens (including phenoxy) is 1. The van der Waals surface area contributed by atoms with Crippen molar-refractivity contribution < 1.29 is 14.3 Å². The van der Waals surface area contributed by atoms with Crippen LogP contribution >= 0.6 is 11.6 Å². The Hall–Kier alpha value is -1.62. The predicted octanol–water partition coefficient (Wildman–Crippen LogP) is 2.59. The van der Waals surface area contributed by atoms with Gasteiger partial charge in [0.2, 0.25) is 0 Å². The Labute approximate surface area is 129 Å². The quantitative estimate of drug-likeness (QED) is 0.685. The van der Waals surface area contributed by atoms with Gasteiger partial charge in [0.1, 0.15) is 5.15 Å². The zero-order valence-corrected chi connectivity index (χ0v) is 12.7. The van der Waals surface area contributed by atoms with Crippen LogP contribution in [0.1, 0.15) is 43.0 Å². The number of carbonyl (C=O) groups is 2. The summed E-state index contributed by atoms with van der Waals surface area (Å²) in [7, 11) is 0. The van der Waals surface area contributed by atoms with Gasteiger partial charge in [-0.15, -0.1) is 0 Å². The fourth-order valence-corrected chi connectivity index (χ4v) is 2.60. The Bertz CT molecular complexity index is 504. The highest BCUT2D eigenvalue weighted by atomic mass is 35.5. The van der Waals surface area contributed by atoms with Gasteiger partial charge in [0.05, 0.1) is 5.56 Å². The second kappa shape index (κ2) is 7.41. The predicted molar refractivity (Wildman–Crippen MR) is 79.1 cm³/mol. The van der Waals surface area contributed by atoms with Crippen molar-refractivity contribution in [3.63, 3.8) is 0 Å². The minimum absolute atomic E-state index is 0.183. The molecule has 2 atom stereocenters. The molecule has 0 aliphatic heterocycles. The summed E-state index contributed by atoms with van der Waals surface area (Å²) >= 11 is 5.64. The third kappa shape index (κ3) is 4.70. The van der Waals surface area contributed by atoms with E-state index >= 15 is 0 Å². The summed E-state index contributed by atoms with van der Waals surface area (Å²) in [6.45, 7) is 1.86. The monoisotopic (exact) mass is 310 g/mol. The van der Waals surface area contributed by atoms with Crippen LogP contribution in [0.4, 0.5) is 0 Å². The molecule has 6 heteroatoms. The lowest BCUT2D eigenvalue weighted by atomic mass is 9.86. The van der Waals surface area contributed by atoms with Crippen LogP contribution in [0, 0.1) is 5.92 Å². The molecule has 1 aliphatic carbocycles. The van der Waals surface area contributed by atoms with Gasteiger partial charge in [0.15, 0.2) is 6.61 Å². The molecule has 1 fully saturated rings. The van der Waals surface area contributed by atoms with E-state index in [-0.39, 0.29) is 24.1 Å². The van der Waals surface area contributed by atoms with Gasteiger partial charge in [0, 0.05) is 12.2 Å². The second-order valence-electron chi connectivity index (χ2n) is 5.38. The first-order valence-electron chi connectivity index (χ1n) is 7.14. The molecule has 5 nitrogen and oxygen atoms in total. The van der Waals surface area contributed by atoms with Crippen molar-refractivity contribution in [2.75, 3.05) is 6.61 Å². The summed E-state index contributed by atoms with van der Waals surface area (Å²) in [5, 5.41) is 3.23. The summed E-state index contributed by atoms with van der Waals surface area (Å²) in [6, 6.07) is 3.20. The van der Waals surface area contributed by atoms with Gasteiger partial charge >= 0.3 is 5.97 Å². The van der Waals surface area contributed by atoms with Gasteiger partial charge in [-0.3, -0.25) is 4.79 Å². The van der Waals surface area contributed by atoms with Crippen LogP contribution in [0.15, 0.2) is 18.3 Å². The van der Waals surface area contributed by atoms with E-state index in [2.05, 4.69) is 17.2 Å². The highest BCUT2D eigenvalue weighted by molar-refractivity contribution is 6.29. The number of rotatable bonds is 4. The van der Waals surface area contributed by atoms with E-state index in [9.17, 15) is 9.59 Å². The number of amides is 1. The summed E-state index contributed by atoms with van der Waals surface area (Å²) in [5.74, 6) is -0.367. The molecule has 0 saturated heterocycles.